The maximum atomic E-state index is 12.9. The van der Waals surface area contributed by atoms with Crippen LogP contribution in [0.4, 0.5) is 18.9 Å². The van der Waals surface area contributed by atoms with Gasteiger partial charge >= 0.3 is 6.18 Å². The number of aromatic nitrogens is 3. The highest BCUT2D eigenvalue weighted by Gasteiger charge is 2.30. The van der Waals surface area contributed by atoms with E-state index in [0.29, 0.717) is 23.2 Å². The summed E-state index contributed by atoms with van der Waals surface area (Å²) in [5.41, 5.74) is 0.276. The maximum absolute atomic E-state index is 12.9. The first-order valence-electron chi connectivity index (χ1n) is 9.26. The molecule has 0 saturated heterocycles. The number of aryl methyl sites for hydroxylation is 1. The van der Waals surface area contributed by atoms with Crippen molar-refractivity contribution in [2.45, 2.75) is 26.4 Å². The van der Waals surface area contributed by atoms with Crippen molar-refractivity contribution in [2.24, 2.45) is 0 Å². The van der Waals surface area contributed by atoms with E-state index in [1.165, 1.54) is 24.5 Å². The van der Waals surface area contributed by atoms with Gasteiger partial charge in [-0.1, -0.05) is 19.1 Å². The number of anilines is 1. The third kappa shape index (κ3) is 5.10. The summed E-state index contributed by atoms with van der Waals surface area (Å²) in [6, 6.07) is 7.49. The first-order chi connectivity index (χ1) is 14.5. The number of benzene rings is 1. The van der Waals surface area contributed by atoms with Gasteiger partial charge in [0.25, 0.3) is 15.9 Å². The van der Waals surface area contributed by atoms with Crippen LogP contribution < -0.4 is 5.32 Å². The quantitative estimate of drug-likeness (QED) is 0.607. The summed E-state index contributed by atoms with van der Waals surface area (Å²) in [5.74, 6) is -0.759. The highest BCUT2D eigenvalue weighted by Crippen LogP contribution is 2.30. The number of amides is 1. The number of rotatable bonds is 6. The zero-order chi connectivity index (χ0) is 22.8. The third-order valence-corrected chi connectivity index (χ3v) is 6.06. The fourth-order valence-electron chi connectivity index (χ4n) is 2.82. The van der Waals surface area contributed by atoms with Crippen molar-refractivity contribution in [1.29, 1.82) is 0 Å². The molecule has 0 aliphatic carbocycles. The molecule has 3 rings (SSSR count). The van der Waals surface area contributed by atoms with E-state index < -0.39 is 27.7 Å². The molecular weight excluding hydrogens is 433 g/mol. The van der Waals surface area contributed by atoms with Crippen LogP contribution in [-0.2, 0) is 16.2 Å². The summed E-state index contributed by atoms with van der Waals surface area (Å²) in [5, 5.41) is 6.28. The summed E-state index contributed by atoms with van der Waals surface area (Å²) in [6.45, 7) is 3.37. The number of alkyl halides is 3. The van der Waals surface area contributed by atoms with Crippen molar-refractivity contribution in [3.8, 4) is 11.3 Å². The van der Waals surface area contributed by atoms with Crippen LogP contribution >= 0.6 is 0 Å². The van der Waals surface area contributed by atoms with Crippen molar-refractivity contribution in [3.63, 3.8) is 0 Å². The molecule has 31 heavy (non-hydrogen) atoms. The number of pyridine rings is 1. The Balaban J connectivity index is 1.88. The van der Waals surface area contributed by atoms with E-state index >= 15 is 0 Å². The Morgan fingerprint density at radius 2 is 1.94 bits per heavy atom. The third-order valence-electron chi connectivity index (χ3n) is 4.36. The lowest BCUT2D eigenvalue weighted by Crippen LogP contribution is -2.16. The summed E-state index contributed by atoms with van der Waals surface area (Å²) < 4.78 is 63.8. The molecule has 1 amide bonds. The molecule has 0 atom stereocenters. The van der Waals surface area contributed by atoms with Gasteiger partial charge in [0.2, 0.25) is 0 Å². The number of carbonyl (C=O) groups excluding carboxylic acids is 1. The molecule has 2 aromatic heterocycles. The van der Waals surface area contributed by atoms with E-state index in [9.17, 15) is 26.4 Å². The lowest BCUT2D eigenvalue weighted by Gasteiger charge is -2.11. The van der Waals surface area contributed by atoms with Gasteiger partial charge in [-0.2, -0.15) is 22.4 Å². The van der Waals surface area contributed by atoms with Gasteiger partial charge in [0.05, 0.1) is 29.4 Å². The van der Waals surface area contributed by atoms with Crippen molar-refractivity contribution >= 4 is 21.6 Å². The molecule has 0 aliphatic rings. The Morgan fingerprint density at radius 3 is 2.61 bits per heavy atom. The Labute approximate surface area is 177 Å². The highest BCUT2D eigenvalue weighted by molar-refractivity contribution is 7.89. The second kappa shape index (κ2) is 8.50. The SMILES string of the molecule is CCCS(=O)(=O)n1cc(-c2ccc(C)c(C(=O)Nc3cccc(C(F)(F)F)c3)n2)cn1. The lowest BCUT2D eigenvalue weighted by molar-refractivity contribution is -0.137. The minimum atomic E-state index is -4.53. The van der Waals surface area contributed by atoms with Gasteiger partial charge in [-0.25, -0.2) is 13.4 Å². The average Bonchev–Trinajstić information content (AvgIpc) is 3.19. The Bertz CT molecular complexity index is 1220. The summed E-state index contributed by atoms with van der Waals surface area (Å²) in [6.07, 6.45) is -1.48. The molecule has 11 heteroatoms. The van der Waals surface area contributed by atoms with E-state index in [4.69, 9.17) is 0 Å². The van der Waals surface area contributed by atoms with E-state index in [2.05, 4.69) is 15.4 Å². The second-order valence-electron chi connectivity index (χ2n) is 6.81. The number of nitrogens with zero attached hydrogens (tertiary/aromatic N) is 3. The number of hydrogen-bond acceptors (Lipinski definition) is 5. The van der Waals surface area contributed by atoms with Crippen molar-refractivity contribution in [2.75, 3.05) is 11.1 Å². The average molecular weight is 452 g/mol. The lowest BCUT2D eigenvalue weighted by atomic mass is 10.1. The van der Waals surface area contributed by atoms with Gasteiger partial charge in [-0.15, -0.1) is 0 Å². The smallest absolute Gasteiger partial charge is 0.321 e. The molecule has 164 valence electrons. The fraction of sp³-hybridized carbons (Fsp3) is 0.250. The van der Waals surface area contributed by atoms with E-state index in [1.807, 2.05) is 0 Å². The summed E-state index contributed by atoms with van der Waals surface area (Å²) >= 11 is 0. The number of carbonyl (C=O) groups is 1. The van der Waals surface area contributed by atoms with Crippen LogP contribution in [0.1, 0.15) is 35.0 Å². The molecule has 1 N–H and O–H groups in total. The monoisotopic (exact) mass is 452 g/mol. The van der Waals surface area contributed by atoms with Crippen LogP contribution in [0.15, 0.2) is 48.8 Å². The molecular formula is C20H19F3N4O3S. The standard InChI is InChI=1S/C20H19F3N4O3S/c1-3-9-31(29,30)27-12-14(11-24-27)17-8-7-13(2)18(26-17)19(28)25-16-6-4-5-15(10-16)20(21,22)23/h4-8,10-12H,3,9H2,1-2H3,(H,25,28). The maximum Gasteiger partial charge on any atom is 0.416 e. The first-order valence-corrected chi connectivity index (χ1v) is 10.9. The molecule has 0 bridgehead atoms. The molecule has 0 aliphatic heterocycles. The minimum absolute atomic E-state index is 0.000855. The molecule has 0 radical (unpaired) electrons. The van der Waals surface area contributed by atoms with Crippen LogP contribution in [0.25, 0.3) is 11.3 Å². The number of halogens is 3. The van der Waals surface area contributed by atoms with Crippen LogP contribution in [0.2, 0.25) is 0 Å². The zero-order valence-electron chi connectivity index (χ0n) is 16.6. The summed E-state index contributed by atoms with van der Waals surface area (Å²) in [7, 11) is -3.58. The van der Waals surface area contributed by atoms with E-state index in [-0.39, 0.29) is 17.1 Å². The summed E-state index contributed by atoms with van der Waals surface area (Å²) in [4.78, 5) is 16.9. The van der Waals surface area contributed by atoms with Gasteiger partial charge in [-0.05, 0) is 43.2 Å². The van der Waals surface area contributed by atoms with Gasteiger partial charge in [0.1, 0.15) is 5.69 Å². The Kier molecular flexibility index (Phi) is 6.16. The molecule has 3 aromatic rings. The second-order valence-corrected chi connectivity index (χ2v) is 8.76. The van der Waals surface area contributed by atoms with Crippen LogP contribution in [0.3, 0.4) is 0 Å². The predicted molar refractivity (Wildman–Crippen MR) is 109 cm³/mol. The van der Waals surface area contributed by atoms with E-state index in [0.717, 1.165) is 16.2 Å². The minimum Gasteiger partial charge on any atom is -0.321 e. The normalized spacial score (nSPS) is 12.0. The number of nitrogens with one attached hydrogen (secondary N) is 1. The zero-order valence-corrected chi connectivity index (χ0v) is 17.5. The van der Waals surface area contributed by atoms with Crippen molar-refractivity contribution < 1.29 is 26.4 Å². The van der Waals surface area contributed by atoms with E-state index in [1.54, 1.807) is 26.0 Å². The number of hydrogen-bond donors (Lipinski definition) is 1. The molecule has 1 aromatic carbocycles. The van der Waals surface area contributed by atoms with Gasteiger partial charge < -0.3 is 5.32 Å². The molecule has 0 saturated carbocycles. The Morgan fingerprint density at radius 1 is 1.19 bits per heavy atom. The van der Waals surface area contributed by atoms with Crippen LogP contribution in [0, 0.1) is 6.92 Å². The molecule has 2 heterocycles. The van der Waals surface area contributed by atoms with Gasteiger partial charge in [0, 0.05) is 11.3 Å². The van der Waals surface area contributed by atoms with Crippen molar-refractivity contribution in [3.05, 3.63) is 65.6 Å². The molecule has 0 unspecified atom stereocenters. The largest absolute Gasteiger partial charge is 0.416 e. The highest BCUT2D eigenvalue weighted by atomic mass is 32.2. The topological polar surface area (TPSA) is 94.0 Å². The van der Waals surface area contributed by atoms with Crippen LogP contribution in [-0.4, -0.2) is 34.2 Å². The Hall–Kier alpha value is -3.21. The van der Waals surface area contributed by atoms with Crippen LogP contribution in [0.5, 0.6) is 0 Å². The molecule has 0 spiro atoms. The first kappa shape index (κ1) is 22.5. The van der Waals surface area contributed by atoms with Crippen molar-refractivity contribution in [1.82, 2.24) is 14.2 Å². The van der Waals surface area contributed by atoms with Gasteiger partial charge in [-0.3, -0.25) is 4.79 Å². The fourth-order valence-corrected chi connectivity index (χ4v) is 3.99. The predicted octanol–water partition coefficient (Wildman–Crippen LogP) is 4.11. The van der Waals surface area contributed by atoms with Gasteiger partial charge in [0.15, 0.2) is 0 Å². The molecule has 0 fully saturated rings. The molecule has 7 nitrogen and oxygen atoms in total.